The summed E-state index contributed by atoms with van der Waals surface area (Å²) in [5, 5.41) is 6.92. The number of hydrogen-bond acceptors (Lipinski definition) is 3. The molecule has 21 heavy (non-hydrogen) atoms. The van der Waals surface area contributed by atoms with E-state index in [1.807, 2.05) is 24.3 Å². The third-order valence-electron chi connectivity index (χ3n) is 2.60. The number of benzene rings is 2. The Bertz CT molecular complexity index is 661. The van der Waals surface area contributed by atoms with Gasteiger partial charge in [-0.1, -0.05) is 24.3 Å². The molecule has 108 valence electrons. The fraction of sp³-hybridized carbons (Fsp3) is 0.0667. The summed E-state index contributed by atoms with van der Waals surface area (Å²) >= 11 is 5.03. The summed E-state index contributed by atoms with van der Waals surface area (Å²) in [5.74, 6) is 0.365. The van der Waals surface area contributed by atoms with Gasteiger partial charge in [-0.15, -0.1) is 0 Å². The van der Waals surface area contributed by atoms with Crippen molar-refractivity contribution in [1.29, 1.82) is 0 Å². The first-order valence-electron chi connectivity index (χ1n) is 6.17. The van der Waals surface area contributed by atoms with Gasteiger partial charge >= 0.3 is 0 Å². The molecule has 0 unspecified atom stereocenters. The van der Waals surface area contributed by atoms with Gasteiger partial charge in [-0.3, -0.25) is 5.43 Å². The molecule has 6 heteroatoms. The van der Waals surface area contributed by atoms with Gasteiger partial charge in [-0.25, -0.2) is 4.39 Å². The minimum absolute atomic E-state index is 0.208. The molecule has 0 aliphatic carbocycles. The number of hydrazone groups is 1. The molecule has 0 saturated carbocycles. The average molecular weight is 303 g/mol. The normalized spacial score (nSPS) is 10.4. The summed E-state index contributed by atoms with van der Waals surface area (Å²) < 4.78 is 18.5. The zero-order chi connectivity index (χ0) is 15.1. The fourth-order valence-corrected chi connectivity index (χ4v) is 1.76. The average Bonchev–Trinajstić information content (AvgIpc) is 2.50. The first-order valence-corrected chi connectivity index (χ1v) is 6.58. The van der Waals surface area contributed by atoms with Crippen molar-refractivity contribution in [1.82, 2.24) is 5.43 Å². The van der Waals surface area contributed by atoms with Gasteiger partial charge in [0.1, 0.15) is 11.6 Å². The van der Waals surface area contributed by atoms with Crippen LogP contribution < -0.4 is 15.5 Å². The van der Waals surface area contributed by atoms with Gasteiger partial charge in [-0.05, 0) is 42.0 Å². The highest BCUT2D eigenvalue weighted by Gasteiger charge is 2.01. The lowest BCUT2D eigenvalue weighted by Crippen LogP contribution is -2.24. The van der Waals surface area contributed by atoms with Crippen molar-refractivity contribution < 1.29 is 9.13 Å². The lowest BCUT2D eigenvalue weighted by Gasteiger charge is -2.07. The second kappa shape index (κ2) is 7.35. The Morgan fingerprint density at radius 3 is 2.81 bits per heavy atom. The SMILES string of the molecule is COc1cccc(C=NNC(=S)Nc2ccccc2F)c1. The number of nitrogens with zero attached hydrogens (tertiary/aromatic N) is 1. The Balaban J connectivity index is 1.91. The van der Waals surface area contributed by atoms with Crippen LogP contribution in [0.1, 0.15) is 5.56 Å². The summed E-state index contributed by atoms with van der Waals surface area (Å²) in [6.45, 7) is 0. The van der Waals surface area contributed by atoms with Crippen molar-refractivity contribution in [3.8, 4) is 5.75 Å². The summed E-state index contributed by atoms with van der Waals surface area (Å²) in [6, 6.07) is 13.7. The predicted molar refractivity (Wildman–Crippen MR) is 86.3 cm³/mol. The topological polar surface area (TPSA) is 45.6 Å². The molecule has 0 saturated heterocycles. The highest BCUT2D eigenvalue weighted by atomic mass is 32.1. The summed E-state index contributed by atoms with van der Waals surface area (Å²) in [4.78, 5) is 0. The Morgan fingerprint density at radius 2 is 2.05 bits per heavy atom. The number of methoxy groups -OCH3 is 1. The van der Waals surface area contributed by atoms with Crippen LogP contribution in [0.4, 0.5) is 10.1 Å². The number of ether oxygens (including phenoxy) is 1. The van der Waals surface area contributed by atoms with Gasteiger partial charge in [0.25, 0.3) is 0 Å². The van der Waals surface area contributed by atoms with E-state index >= 15 is 0 Å². The minimum Gasteiger partial charge on any atom is -0.497 e. The van der Waals surface area contributed by atoms with Crippen LogP contribution in [0, 0.1) is 5.82 Å². The Kier molecular flexibility index (Phi) is 5.22. The van der Waals surface area contributed by atoms with Crippen LogP contribution in [-0.2, 0) is 0 Å². The van der Waals surface area contributed by atoms with Crippen molar-refractivity contribution in [2.24, 2.45) is 5.10 Å². The van der Waals surface area contributed by atoms with Gasteiger partial charge in [0.05, 0.1) is 19.0 Å². The monoisotopic (exact) mass is 303 g/mol. The molecule has 0 atom stereocenters. The molecule has 0 aromatic heterocycles. The van der Waals surface area contributed by atoms with Gasteiger partial charge in [0.2, 0.25) is 0 Å². The molecule has 2 N–H and O–H groups in total. The number of rotatable bonds is 4. The predicted octanol–water partition coefficient (Wildman–Crippen LogP) is 3.15. The summed E-state index contributed by atoms with van der Waals surface area (Å²) in [7, 11) is 1.60. The Labute approximate surface area is 127 Å². The van der Waals surface area contributed by atoms with Crippen molar-refractivity contribution in [2.75, 3.05) is 12.4 Å². The highest BCUT2D eigenvalue weighted by Crippen LogP contribution is 2.12. The molecule has 2 aromatic carbocycles. The fourth-order valence-electron chi connectivity index (χ4n) is 1.60. The molecule has 4 nitrogen and oxygen atoms in total. The van der Waals surface area contributed by atoms with Crippen LogP contribution in [-0.4, -0.2) is 18.4 Å². The van der Waals surface area contributed by atoms with E-state index < -0.39 is 0 Å². The summed E-state index contributed by atoms with van der Waals surface area (Å²) in [6.07, 6.45) is 1.60. The number of anilines is 1. The van der Waals surface area contributed by atoms with Crippen LogP contribution in [0.25, 0.3) is 0 Å². The number of halogens is 1. The number of nitrogens with one attached hydrogen (secondary N) is 2. The third kappa shape index (κ3) is 4.54. The Hall–Kier alpha value is -2.47. The molecular formula is C15H14FN3OS. The lowest BCUT2D eigenvalue weighted by atomic mass is 10.2. The van der Waals surface area contributed by atoms with E-state index in [9.17, 15) is 4.39 Å². The molecule has 0 spiro atoms. The molecule has 0 aliphatic heterocycles. The maximum Gasteiger partial charge on any atom is 0.191 e. The molecule has 0 amide bonds. The second-order valence-corrected chi connectivity index (χ2v) is 4.49. The third-order valence-corrected chi connectivity index (χ3v) is 2.79. The van der Waals surface area contributed by atoms with Crippen molar-refractivity contribution in [2.45, 2.75) is 0 Å². The van der Waals surface area contributed by atoms with E-state index in [1.165, 1.54) is 6.07 Å². The zero-order valence-corrected chi connectivity index (χ0v) is 12.2. The van der Waals surface area contributed by atoms with E-state index in [0.29, 0.717) is 5.69 Å². The van der Waals surface area contributed by atoms with Crippen LogP contribution in [0.2, 0.25) is 0 Å². The van der Waals surface area contributed by atoms with E-state index in [4.69, 9.17) is 17.0 Å². The van der Waals surface area contributed by atoms with Crippen molar-refractivity contribution in [3.63, 3.8) is 0 Å². The van der Waals surface area contributed by atoms with Crippen molar-refractivity contribution >= 4 is 29.2 Å². The standard InChI is InChI=1S/C15H14FN3OS/c1-20-12-6-4-5-11(9-12)10-17-19-15(21)18-14-8-3-2-7-13(14)16/h2-10H,1H3,(H2,18,19,21). The van der Waals surface area contributed by atoms with Crippen LogP contribution in [0.15, 0.2) is 53.6 Å². The first kappa shape index (κ1) is 14.9. The second-order valence-electron chi connectivity index (χ2n) is 4.08. The highest BCUT2D eigenvalue weighted by molar-refractivity contribution is 7.80. The van der Waals surface area contributed by atoms with Crippen LogP contribution >= 0.6 is 12.2 Å². The number of thiocarbonyl (C=S) groups is 1. The maximum absolute atomic E-state index is 13.4. The Morgan fingerprint density at radius 1 is 1.24 bits per heavy atom. The van der Waals surface area contributed by atoms with E-state index in [1.54, 1.807) is 31.5 Å². The van der Waals surface area contributed by atoms with Gasteiger partial charge < -0.3 is 10.1 Å². The molecule has 0 bridgehead atoms. The minimum atomic E-state index is -0.376. The van der Waals surface area contributed by atoms with E-state index in [2.05, 4.69) is 15.8 Å². The molecule has 2 aromatic rings. The lowest BCUT2D eigenvalue weighted by molar-refractivity contribution is 0.415. The van der Waals surface area contributed by atoms with Gasteiger partial charge in [-0.2, -0.15) is 5.10 Å². The van der Waals surface area contributed by atoms with Crippen LogP contribution in [0.5, 0.6) is 5.75 Å². The van der Waals surface area contributed by atoms with Gasteiger partial charge in [0, 0.05) is 0 Å². The smallest absolute Gasteiger partial charge is 0.191 e. The maximum atomic E-state index is 13.4. The van der Waals surface area contributed by atoms with E-state index in [-0.39, 0.29) is 10.9 Å². The number of hydrogen-bond donors (Lipinski definition) is 2. The van der Waals surface area contributed by atoms with Crippen molar-refractivity contribution in [3.05, 3.63) is 59.9 Å². The zero-order valence-electron chi connectivity index (χ0n) is 11.3. The molecule has 2 rings (SSSR count). The van der Waals surface area contributed by atoms with Gasteiger partial charge in [0.15, 0.2) is 5.11 Å². The number of para-hydroxylation sites is 1. The van der Waals surface area contributed by atoms with E-state index in [0.717, 1.165) is 11.3 Å². The summed E-state index contributed by atoms with van der Waals surface area (Å²) in [5.41, 5.74) is 3.78. The van der Waals surface area contributed by atoms with Crippen LogP contribution in [0.3, 0.4) is 0 Å². The molecule has 0 fully saturated rings. The first-order chi connectivity index (χ1) is 10.2. The quantitative estimate of drug-likeness (QED) is 0.517. The molecular weight excluding hydrogens is 289 g/mol. The molecule has 0 aliphatic rings. The molecule has 0 radical (unpaired) electrons. The molecule has 0 heterocycles. The largest absolute Gasteiger partial charge is 0.497 e.